The van der Waals surface area contributed by atoms with Gasteiger partial charge < -0.3 is 15.4 Å². The Bertz CT molecular complexity index is 849. The molecule has 0 atom stereocenters. The second kappa shape index (κ2) is 6.76. The fourth-order valence-corrected chi connectivity index (χ4v) is 2.85. The van der Waals surface area contributed by atoms with Gasteiger partial charge in [0.25, 0.3) is 0 Å². The third-order valence-corrected chi connectivity index (χ3v) is 4.31. The molecule has 0 aliphatic rings. The number of rotatable bonds is 3. The van der Waals surface area contributed by atoms with Crippen LogP contribution < -0.4 is 0 Å². The number of nitrogens with zero attached hydrogens (tertiary/aromatic N) is 1. The highest BCUT2D eigenvalue weighted by Gasteiger charge is 2.28. The van der Waals surface area contributed by atoms with E-state index in [0.29, 0.717) is 27.3 Å². The van der Waals surface area contributed by atoms with Gasteiger partial charge in [-0.2, -0.15) is 0 Å². The van der Waals surface area contributed by atoms with E-state index in [-0.39, 0.29) is 17.0 Å². The third kappa shape index (κ3) is 3.61. The molecule has 0 amide bonds. The monoisotopic (exact) mass is 361 g/mol. The molecule has 2 aromatic rings. The Morgan fingerprint density at radius 1 is 1.16 bits per heavy atom. The van der Waals surface area contributed by atoms with Crippen molar-refractivity contribution in [2.45, 2.75) is 33.1 Å². The van der Waals surface area contributed by atoms with E-state index in [9.17, 15) is 20.2 Å². The van der Waals surface area contributed by atoms with Gasteiger partial charge in [0.15, 0.2) is 0 Å². The molecule has 0 aliphatic heterocycles. The lowest BCUT2D eigenvalue weighted by atomic mass is 9.81. The first-order chi connectivity index (χ1) is 11.6. The SMILES string of the molecule is Cc1c(C(=NO)c2ccc(Cl)cc2)cc(C(C)(C)C)c(O)c1C(=O)O. The van der Waals surface area contributed by atoms with E-state index in [4.69, 9.17) is 11.6 Å². The van der Waals surface area contributed by atoms with Gasteiger partial charge in [-0.25, -0.2) is 4.79 Å². The van der Waals surface area contributed by atoms with Gasteiger partial charge in [-0.15, -0.1) is 0 Å². The van der Waals surface area contributed by atoms with Crippen LogP contribution in [0.1, 0.15) is 53.4 Å². The van der Waals surface area contributed by atoms with Crippen molar-refractivity contribution < 1.29 is 20.2 Å². The Hall–Kier alpha value is -2.53. The summed E-state index contributed by atoms with van der Waals surface area (Å²) in [6.07, 6.45) is 0. The average molecular weight is 362 g/mol. The number of oxime groups is 1. The van der Waals surface area contributed by atoms with Crippen LogP contribution >= 0.6 is 11.6 Å². The summed E-state index contributed by atoms with van der Waals surface area (Å²) in [5.41, 5.74) is 1.31. The Morgan fingerprint density at radius 2 is 1.72 bits per heavy atom. The van der Waals surface area contributed by atoms with Crippen molar-refractivity contribution in [3.63, 3.8) is 0 Å². The number of phenols is 1. The predicted octanol–water partition coefficient (Wildman–Crippen LogP) is 4.58. The summed E-state index contributed by atoms with van der Waals surface area (Å²) in [5.74, 6) is -1.51. The van der Waals surface area contributed by atoms with Crippen LogP contribution in [0.2, 0.25) is 5.02 Å². The molecule has 0 bridgehead atoms. The second-order valence-corrected chi connectivity index (χ2v) is 7.27. The minimum absolute atomic E-state index is 0.197. The van der Waals surface area contributed by atoms with Crippen LogP contribution in [0.4, 0.5) is 0 Å². The molecule has 0 saturated carbocycles. The number of carbonyl (C=O) groups is 1. The topological polar surface area (TPSA) is 90.1 Å². The normalized spacial score (nSPS) is 12.3. The third-order valence-electron chi connectivity index (χ3n) is 4.05. The number of benzene rings is 2. The molecule has 0 heterocycles. The average Bonchev–Trinajstić information content (AvgIpc) is 2.50. The lowest BCUT2D eigenvalue weighted by Gasteiger charge is -2.24. The van der Waals surface area contributed by atoms with Crippen molar-refractivity contribution in [2.75, 3.05) is 0 Å². The molecule has 0 saturated heterocycles. The Kier molecular flexibility index (Phi) is 5.09. The highest BCUT2D eigenvalue weighted by Crippen LogP contribution is 2.37. The van der Waals surface area contributed by atoms with Crippen molar-refractivity contribution in [3.8, 4) is 5.75 Å². The number of carboxylic acid groups (broad SMARTS) is 1. The lowest BCUT2D eigenvalue weighted by molar-refractivity contribution is 0.0692. The summed E-state index contributed by atoms with van der Waals surface area (Å²) < 4.78 is 0. The summed E-state index contributed by atoms with van der Waals surface area (Å²) in [7, 11) is 0. The molecular weight excluding hydrogens is 342 g/mol. The second-order valence-electron chi connectivity index (χ2n) is 6.83. The summed E-state index contributed by atoms with van der Waals surface area (Å²) in [6.45, 7) is 7.17. The smallest absolute Gasteiger partial charge is 0.339 e. The number of halogens is 1. The van der Waals surface area contributed by atoms with Crippen LogP contribution in [0, 0.1) is 6.92 Å². The highest BCUT2D eigenvalue weighted by molar-refractivity contribution is 6.30. The Balaban J connectivity index is 2.82. The molecule has 0 fully saturated rings. The maximum Gasteiger partial charge on any atom is 0.339 e. The van der Waals surface area contributed by atoms with Crippen LogP contribution in [0.15, 0.2) is 35.5 Å². The van der Waals surface area contributed by atoms with Crippen LogP contribution in [-0.4, -0.2) is 27.1 Å². The Labute approximate surface area is 151 Å². The standard InChI is InChI=1S/C19H20ClNO4/c1-10-13(16(21-25)11-5-7-12(20)8-6-11)9-14(19(2,3)4)17(22)15(10)18(23)24/h5-9,22,25H,1-4H3,(H,23,24). The van der Waals surface area contributed by atoms with Gasteiger partial charge in [-0.1, -0.05) is 49.7 Å². The van der Waals surface area contributed by atoms with Crippen LogP contribution in [0.25, 0.3) is 0 Å². The van der Waals surface area contributed by atoms with Crippen molar-refractivity contribution >= 4 is 23.3 Å². The molecular formula is C19H20ClNO4. The zero-order chi connectivity index (χ0) is 18.9. The molecule has 0 aliphatic carbocycles. The minimum Gasteiger partial charge on any atom is -0.507 e. The molecule has 25 heavy (non-hydrogen) atoms. The summed E-state index contributed by atoms with van der Waals surface area (Å²) in [5, 5.41) is 33.5. The quantitative estimate of drug-likeness (QED) is 0.424. The van der Waals surface area contributed by atoms with E-state index in [0.717, 1.165) is 0 Å². The fraction of sp³-hybridized carbons (Fsp3) is 0.263. The van der Waals surface area contributed by atoms with E-state index in [2.05, 4.69) is 5.16 Å². The lowest BCUT2D eigenvalue weighted by Crippen LogP contribution is -2.18. The molecule has 6 heteroatoms. The Morgan fingerprint density at radius 3 is 2.16 bits per heavy atom. The number of aromatic carboxylic acids is 1. The van der Waals surface area contributed by atoms with E-state index in [1.807, 2.05) is 20.8 Å². The van der Waals surface area contributed by atoms with Crippen LogP contribution in [-0.2, 0) is 5.41 Å². The van der Waals surface area contributed by atoms with Gasteiger partial charge in [0.05, 0.1) is 0 Å². The minimum atomic E-state index is -1.24. The fourth-order valence-electron chi connectivity index (χ4n) is 2.72. The van der Waals surface area contributed by atoms with E-state index in [1.54, 1.807) is 37.3 Å². The van der Waals surface area contributed by atoms with E-state index >= 15 is 0 Å². The van der Waals surface area contributed by atoms with Gasteiger partial charge in [0.2, 0.25) is 0 Å². The zero-order valence-corrected chi connectivity index (χ0v) is 15.2. The molecule has 0 spiro atoms. The molecule has 0 aromatic heterocycles. The summed E-state index contributed by atoms with van der Waals surface area (Å²) in [6, 6.07) is 8.34. The van der Waals surface area contributed by atoms with Crippen molar-refractivity contribution in [1.82, 2.24) is 0 Å². The maximum absolute atomic E-state index is 11.7. The van der Waals surface area contributed by atoms with Crippen molar-refractivity contribution in [2.24, 2.45) is 5.16 Å². The van der Waals surface area contributed by atoms with Gasteiger partial charge in [0.1, 0.15) is 17.0 Å². The predicted molar refractivity (Wildman–Crippen MR) is 97.4 cm³/mol. The molecule has 2 aromatic carbocycles. The summed E-state index contributed by atoms with van der Waals surface area (Å²) >= 11 is 5.90. The molecule has 2 rings (SSSR count). The van der Waals surface area contributed by atoms with Gasteiger partial charge in [0, 0.05) is 21.7 Å². The van der Waals surface area contributed by atoms with Gasteiger partial charge >= 0.3 is 5.97 Å². The molecule has 132 valence electrons. The van der Waals surface area contributed by atoms with E-state index in [1.165, 1.54) is 0 Å². The number of hydrogen-bond donors (Lipinski definition) is 3. The molecule has 5 nitrogen and oxygen atoms in total. The van der Waals surface area contributed by atoms with Crippen LogP contribution in [0.5, 0.6) is 5.75 Å². The number of aromatic hydroxyl groups is 1. The van der Waals surface area contributed by atoms with E-state index < -0.39 is 11.4 Å². The largest absolute Gasteiger partial charge is 0.507 e. The molecule has 3 N–H and O–H groups in total. The molecule has 0 radical (unpaired) electrons. The van der Waals surface area contributed by atoms with Crippen LogP contribution in [0.3, 0.4) is 0 Å². The highest BCUT2D eigenvalue weighted by atomic mass is 35.5. The summed E-state index contributed by atoms with van der Waals surface area (Å²) in [4.78, 5) is 11.7. The van der Waals surface area contributed by atoms with Gasteiger partial charge in [-0.3, -0.25) is 0 Å². The number of hydrogen-bond acceptors (Lipinski definition) is 4. The van der Waals surface area contributed by atoms with Crippen molar-refractivity contribution in [1.29, 1.82) is 0 Å². The number of carboxylic acids is 1. The zero-order valence-electron chi connectivity index (χ0n) is 14.5. The first kappa shape index (κ1) is 18.8. The van der Waals surface area contributed by atoms with Gasteiger partial charge in [-0.05, 0) is 36.1 Å². The van der Waals surface area contributed by atoms with Crippen molar-refractivity contribution in [3.05, 3.63) is 63.2 Å². The first-order valence-electron chi connectivity index (χ1n) is 7.66. The first-order valence-corrected chi connectivity index (χ1v) is 8.04. The molecule has 0 unspecified atom stereocenters. The maximum atomic E-state index is 11.7.